The molecule has 1 fully saturated rings. The van der Waals surface area contributed by atoms with E-state index in [2.05, 4.69) is 32.2 Å². The second-order valence-electron chi connectivity index (χ2n) is 6.02. The highest BCUT2D eigenvalue weighted by atomic mass is 32.1. The molecule has 1 saturated heterocycles. The maximum atomic E-state index is 6.01. The van der Waals surface area contributed by atoms with Gasteiger partial charge in [0.1, 0.15) is 11.9 Å². The van der Waals surface area contributed by atoms with E-state index < -0.39 is 0 Å². The highest BCUT2D eigenvalue weighted by Gasteiger charge is 2.21. The van der Waals surface area contributed by atoms with Gasteiger partial charge in [0.2, 0.25) is 0 Å². The quantitative estimate of drug-likeness (QED) is 0.771. The predicted octanol–water partition coefficient (Wildman–Crippen LogP) is 3.58. The highest BCUT2D eigenvalue weighted by molar-refractivity contribution is 7.15. The Balaban J connectivity index is 1.29. The number of nitrogens with one attached hydrogen (secondary N) is 1. The molecular weight excluding hydrogens is 320 g/mol. The van der Waals surface area contributed by atoms with Crippen LogP contribution in [0.1, 0.15) is 17.7 Å². The van der Waals surface area contributed by atoms with Crippen LogP contribution in [0.4, 0.5) is 0 Å². The number of thiophene rings is 1. The van der Waals surface area contributed by atoms with Crippen LogP contribution in [0.5, 0.6) is 5.75 Å². The first-order chi connectivity index (χ1) is 11.9. The fraction of sp³-hybridized carbons (Fsp3) is 0.333. The Morgan fingerprint density at radius 1 is 1.17 bits per heavy atom. The molecule has 4 rings (SSSR count). The number of likely N-dealkylation sites (tertiary alicyclic amines) is 1. The second-order valence-corrected chi connectivity index (χ2v) is 7.19. The normalized spacial score (nSPS) is 16.3. The van der Waals surface area contributed by atoms with Crippen molar-refractivity contribution in [3.8, 4) is 16.3 Å². The van der Waals surface area contributed by atoms with Crippen molar-refractivity contribution in [2.45, 2.75) is 25.5 Å². The van der Waals surface area contributed by atoms with Gasteiger partial charge < -0.3 is 4.74 Å². The average molecular weight is 340 g/mol. The molecule has 3 aromatic rings. The van der Waals surface area contributed by atoms with Crippen molar-refractivity contribution in [2.75, 3.05) is 13.1 Å². The summed E-state index contributed by atoms with van der Waals surface area (Å²) in [7, 11) is 0. The van der Waals surface area contributed by atoms with Crippen molar-refractivity contribution in [2.24, 2.45) is 0 Å². The van der Waals surface area contributed by atoms with Crippen molar-refractivity contribution >= 4 is 11.3 Å². The fourth-order valence-corrected chi connectivity index (χ4v) is 4.04. The minimum atomic E-state index is 0.300. The van der Waals surface area contributed by atoms with E-state index in [0.29, 0.717) is 6.10 Å². The molecule has 0 bridgehead atoms. The molecule has 0 spiro atoms. The summed E-state index contributed by atoms with van der Waals surface area (Å²) in [4.78, 5) is 9.25. The number of hydrogen-bond donors (Lipinski definition) is 1. The molecule has 3 aromatic heterocycles. The molecule has 5 nitrogen and oxygen atoms in total. The van der Waals surface area contributed by atoms with E-state index >= 15 is 0 Å². The largest absolute Gasteiger partial charge is 0.489 e. The van der Waals surface area contributed by atoms with Crippen LogP contribution >= 0.6 is 11.3 Å². The monoisotopic (exact) mass is 340 g/mol. The maximum Gasteiger partial charge on any atom is 0.137 e. The number of ether oxygens (including phenoxy) is 1. The number of pyridine rings is 1. The molecule has 1 N–H and O–H groups in total. The molecule has 24 heavy (non-hydrogen) atoms. The average Bonchev–Trinajstić information content (AvgIpc) is 3.29. The molecule has 0 aliphatic carbocycles. The van der Waals surface area contributed by atoms with Gasteiger partial charge in [-0.1, -0.05) is 0 Å². The van der Waals surface area contributed by atoms with Crippen LogP contribution in [0.2, 0.25) is 0 Å². The molecule has 1 aliphatic rings. The predicted molar refractivity (Wildman–Crippen MR) is 95.1 cm³/mol. The van der Waals surface area contributed by atoms with Gasteiger partial charge >= 0.3 is 0 Å². The lowest BCUT2D eigenvalue weighted by Gasteiger charge is -2.31. The Kier molecular flexibility index (Phi) is 4.57. The Morgan fingerprint density at radius 2 is 2.08 bits per heavy atom. The van der Waals surface area contributed by atoms with E-state index in [1.54, 1.807) is 18.6 Å². The number of aromatic amines is 1. The minimum absolute atomic E-state index is 0.300. The first-order valence-electron chi connectivity index (χ1n) is 8.24. The van der Waals surface area contributed by atoms with Crippen LogP contribution in [0, 0.1) is 0 Å². The van der Waals surface area contributed by atoms with E-state index in [0.717, 1.165) is 43.9 Å². The number of rotatable bonds is 5. The van der Waals surface area contributed by atoms with E-state index in [4.69, 9.17) is 4.74 Å². The van der Waals surface area contributed by atoms with Gasteiger partial charge in [0.25, 0.3) is 0 Å². The minimum Gasteiger partial charge on any atom is -0.489 e. The van der Waals surface area contributed by atoms with Crippen LogP contribution < -0.4 is 4.74 Å². The summed E-state index contributed by atoms with van der Waals surface area (Å²) in [5.74, 6) is 0.874. The molecule has 0 amide bonds. The Morgan fingerprint density at radius 3 is 2.83 bits per heavy atom. The number of hydrogen-bond acceptors (Lipinski definition) is 5. The Bertz CT molecular complexity index is 748. The zero-order valence-electron chi connectivity index (χ0n) is 13.4. The highest BCUT2D eigenvalue weighted by Crippen LogP contribution is 2.28. The smallest absolute Gasteiger partial charge is 0.137 e. The van der Waals surface area contributed by atoms with Gasteiger partial charge in [0, 0.05) is 36.9 Å². The third kappa shape index (κ3) is 3.66. The molecule has 1 aliphatic heterocycles. The summed E-state index contributed by atoms with van der Waals surface area (Å²) >= 11 is 1.84. The lowest BCUT2D eigenvalue weighted by molar-refractivity contribution is 0.0970. The van der Waals surface area contributed by atoms with E-state index in [-0.39, 0.29) is 0 Å². The van der Waals surface area contributed by atoms with Gasteiger partial charge in [-0.05, 0) is 43.2 Å². The summed E-state index contributed by atoms with van der Waals surface area (Å²) in [5.41, 5.74) is 1.09. The second kappa shape index (κ2) is 7.15. The first kappa shape index (κ1) is 15.4. The molecule has 4 heterocycles. The van der Waals surface area contributed by atoms with Crippen LogP contribution in [-0.4, -0.2) is 39.3 Å². The van der Waals surface area contributed by atoms with Gasteiger partial charge in [-0.25, -0.2) is 0 Å². The first-order valence-corrected chi connectivity index (χ1v) is 9.06. The van der Waals surface area contributed by atoms with Crippen LogP contribution in [0.25, 0.3) is 10.6 Å². The molecule has 0 unspecified atom stereocenters. The van der Waals surface area contributed by atoms with Crippen molar-refractivity contribution < 1.29 is 4.74 Å². The third-order valence-corrected chi connectivity index (χ3v) is 5.38. The van der Waals surface area contributed by atoms with E-state index in [1.165, 1.54) is 9.75 Å². The summed E-state index contributed by atoms with van der Waals surface area (Å²) < 4.78 is 6.01. The van der Waals surface area contributed by atoms with E-state index in [1.807, 2.05) is 29.5 Å². The standard InChI is InChI=1S/C18H20N4OS/c1-2-15(12-19-8-1)23-14-6-10-22(11-7-14)13-16-3-4-18(24-16)17-5-9-20-21-17/h1-5,8-9,12,14H,6-7,10-11,13H2,(H,20,21). The van der Waals surface area contributed by atoms with Crippen molar-refractivity contribution in [3.05, 3.63) is 53.8 Å². The summed E-state index contributed by atoms with van der Waals surface area (Å²) in [5, 5.41) is 7.04. The maximum absolute atomic E-state index is 6.01. The summed E-state index contributed by atoms with van der Waals surface area (Å²) in [6.45, 7) is 3.16. The molecule has 124 valence electrons. The fourth-order valence-electron chi connectivity index (χ4n) is 3.02. The number of aromatic nitrogens is 3. The Hall–Kier alpha value is -2.18. The van der Waals surface area contributed by atoms with E-state index in [9.17, 15) is 0 Å². The zero-order chi connectivity index (χ0) is 16.2. The molecule has 0 saturated carbocycles. The molecule has 0 atom stereocenters. The van der Waals surface area contributed by atoms with Crippen LogP contribution in [-0.2, 0) is 6.54 Å². The number of nitrogens with zero attached hydrogens (tertiary/aromatic N) is 3. The van der Waals surface area contributed by atoms with Crippen LogP contribution in [0.15, 0.2) is 48.9 Å². The van der Waals surface area contributed by atoms with Gasteiger partial charge in [-0.3, -0.25) is 15.0 Å². The Labute approximate surface area is 145 Å². The molecule has 0 radical (unpaired) electrons. The molecule has 0 aromatic carbocycles. The zero-order valence-corrected chi connectivity index (χ0v) is 14.2. The van der Waals surface area contributed by atoms with Gasteiger partial charge in [0.15, 0.2) is 0 Å². The lowest BCUT2D eigenvalue weighted by Crippen LogP contribution is -2.37. The third-order valence-electron chi connectivity index (χ3n) is 4.28. The number of H-pyrrole nitrogens is 1. The van der Waals surface area contributed by atoms with Crippen molar-refractivity contribution in [1.29, 1.82) is 0 Å². The van der Waals surface area contributed by atoms with Gasteiger partial charge in [-0.15, -0.1) is 11.3 Å². The summed E-state index contributed by atoms with van der Waals surface area (Å²) in [6.07, 6.45) is 7.78. The SMILES string of the molecule is c1cncc(OC2CCN(Cc3ccc(-c4ccn[nH]4)s3)CC2)c1. The van der Waals surface area contributed by atoms with Crippen molar-refractivity contribution in [1.82, 2.24) is 20.1 Å². The molecule has 6 heteroatoms. The van der Waals surface area contributed by atoms with Crippen molar-refractivity contribution in [3.63, 3.8) is 0 Å². The topological polar surface area (TPSA) is 54.0 Å². The lowest BCUT2D eigenvalue weighted by atomic mass is 10.1. The van der Waals surface area contributed by atoms with Gasteiger partial charge in [0.05, 0.1) is 16.8 Å². The van der Waals surface area contributed by atoms with Crippen LogP contribution in [0.3, 0.4) is 0 Å². The number of piperidine rings is 1. The van der Waals surface area contributed by atoms with Gasteiger partial charge in [-0.2, -0.15) is 5.10 Å². The summed E-state index contributed by atoms with van der Waals surface area (Å²) in [6, 6.07) is 10.3. The molecular formula is C18H20N4OS.